The average Bonchev–Trinajstić information content (AvgIpc) is 3.32. The van der Waals surface area contributed by atoms with Crippen LogP contribution in [0.25, 0.3) is 0 Å². The fourth-order valence-electron chi connectivity index (χ4n) is 7.59. The molecule has 0 aromatic rings. The van der Waals surface area contributed by atoms with Crippen LogP contribution in [0.2, 0.25) is 0 Å². The van der Waals surface area contributed by atoms with Crippen LogP contribution in [0, 0.1) is 0 Å². The molecule has 68 heavy (non-hydrogen) atoms. The molecule has 0 radical (unpaired) electrons. The Morgan fingerprint density at radius 3 is 1.32 bits per heavy atom. The van der Waals surface area contributed by atoms with Gasteiger partial charge in [-0.15, -0.1) is 0 Å². The molecule has 0 bridgehead atoms. The molecule has 0 amide bonds. The molecule has 0 aliphatic heterocycles. The molecular weight excluding hydrogens is 884 g/mol. The molecule has 1 fully saturated rings. The largest absolute Gasteiger partial charge is 0.472 e. The lowest BCUT2D eigenvalue weighted by molar-refractivity contribution is -0.220. The molecule has 6 atom stereocenters. The number of unbranched alkanes of at least 4 members (excludes halogenated alkanes) is 18. The highest BCUT2D eigenvalue weighted by molar-refractivity contribution is 7.47. The Morgan fingerprint density at radius 2 is 0.868 bits per heavy atom. The van der Waals surface area contributed by atoms with Crippen LogP contribution in [-0.4, -0.2) is 98.9 Å². The zero-order chi connectivity index (χ0) is 49.8. The molecule has 0 aromatic carbocycles. The molecule has 1 aliphatic rings. The van der Waals surface area contributed by atoms with Crippen molar-refractivity contribution in [2.45, 2.75) is 236 Å². The quantitative estimate of drug-likeness (QED) is 0.0147. The van der Waals surface area contributed by atoms with Gasteiger partial charge < -0.3 is 39.9 Å². The summed E-state index contributed by atoms with van der Waals surface area (Å²) in [6, 6.07) is 0. The molecule has 1 saturated carbocycles. The Bertz CT molecular complexity index is 1440. The number of phosphoric ester groups is 1. The van der Waals surface area contributed by atoms with E-state index < -0.39 is 63.1 Å². The van der Waals surface area contributed by atoms with Gasteiger partial charge in [0.15, 0.2) is 0 Å². The van der Waals surface area contributed by atoms with E-state index in [4.69, 9.17) is 18.5 Å². The number of allylic oxidation sites excluding steroid dienone is 14. The third-order valence-corrected chi connectivity index (χ3v) is 12.7. The second-order valence-corrected chi connectivity index (χ2v) is 19.4. The number of aliphatic hydroxyl groups excluding tert-OH is 5. The first-order chi connectivity index (χ1) is 33.0. The van der Waals surface area contributed by atoms with Crippen LogP contribution in [0.4, 0.5) is 0 Å². The number of hydrogen-bond donors (Lipinski definition) is 6. The minimum atomic E-state index is -5.04. The normalized spacial score (nSPS) is 21.8. The van der Waals surface area contributed by atoms with Gasteiger partial charge in [0.2, 0.25) is 0 Å². The summed E-state index contributed by atoms with van der Waals surface area (Å²) in [4.78, 5) is 23.2. The molecule has 13 heteroatoms. The van der Waals surface area contributed by atoms with Gasteiger partial charge in [-0.1, -0.05) is 182 Å². The van der Waals surface area contributed by atoms with Crippen molar-refractivity contribution in [3.05, 3.63) is 85.1 Å². The van der Waals surface area contributed by atoms with Crippen molar-refractivity contribution in [2.75, 3.05) is 19.8 Å². The summed E-state index contributed by atoms with van der Waals surface area (Å²) in [6.45, 7) is 4.10. The number of esters is 1. The topological polar surface area (TPSA) is 192 Å². The summed E-state index contributed by atoms with van der Waals surface area (Å²) < 4.78 is 34.3. The maximum absolute atomic E-state index is 12.9. The van der Waals surface area contributed by atoms with Gasteiger partial charge in [0.25, 0.3) is 0 Å². The van der Waals surface area contributed by atoms with Crippen LogP contribution < -0.4 is 0 Å². The third kappa shape index (κ3) is 35.6. The number of ether oxygens (including phenoxy) is 2. The zero-order valence-corrected chi connectivity index (χ0v) is 43.0. The lowest BCUT2D eigenvalue weighted by Crippen LogP contribution is -2.64. The molecule has 1 rings (SSSR count). The first-order valence-electron chi connectivity index (χ1n) is 26.4. The van der Waals surface area contributed by atoms with Gasteiger partial charge in [-0.25, -0.2) is 4.57 Å². The monoisotopic (exact) mass is 979 g/mol. The van der Waals surface area contributed by atoms with Gasteiger partial charge in [0, 0.05) is 13.0 Å². The molecule has 392 valence electrons. The van der Waals surface area contributed by atoms with Crippen LogP contribution in [0.5, 0.6) is 0 Å². The van der Waals surface area contributed by atoms with Crippen LogP contribution >= 0.6 is 7.82 Å². The summed E-state index contributed by atoms with van der Waals surface area (Å²) in [5.41, 5.74) is 0. The van der Waals surface area contributed by atoms with Crippen molar-refractivity contribution in [2.24, 2.45) is 0 Å². The number of carbonyl (C=O) groups is 1. The summed E-state index contributed by atoms with van der Waals surface area (Å²) in [7, 11) is -5.04. The number of hydrogen-bond acceptors (Lipinski definition) is 11. The Balaban J connectivity index is 2.34. The summed E-state index contributed by atoms with van der Waals surface area (Å²) in [6.07, 6.45) is 47.9. The van der Waals surface area contributed by atoms with E-state index in [1.54, 1.807) is 0 Å². The van der Waals surface area contributed by atoms with Gasteiger partial charge >= 0.3 is 13.8 Å². The van der Waals surface area contributed by atoms with E-state index in [1.807, 2.05) is 0 Å². The SMILES string of the molecule is CC/C=C\C/C=C\C/C=C\C/C=C\CCCCCCC(=O)OC(COCCCCCCCCCCC/C=C\C/C=C\C/C=C\CCCCCCC)COP(=O)(O)OC1C(O)C(O)C(O)C(O)C1O. The molecule has 0 heterocycles. The first-order valence-corrected chi connectivity index (χ1v) is 27.9. The average molecular weight is 979 g/mol. The van der Waals surface area contributed by atoms with Gasteiger partial charge in [-0.05, 0) is 89.9 Å². The molecule has 0 aromatic heterocycles. The predicted molar refractivity (Wildman–Crippen MR) is 276 cm³/mol. The Kier molecular flexibility index (Phi) is 41.5. The number of phosphoric acid groups is 1. The lowest BCUT2D eigenvalue weighted by atomic mass is 9.85. The minimum absolute atomic E-state index is 0.0955. The lowest BCUT2D eigenvalue weighted by Gasteiger charge is -2.41. The Hall–Kier alpha value is -2.48. The maximum Gasteiger partial charge on any atom is 0.472 e. The van der Waals surface area contributed by atoms with Crippen molar-refractivity contribution in [1.82, 2.24) is 0 Å². The van der Waals surface area contributed by atoms with Crippen LogP contribution in [0.3, 0.4) is 0 Å². The molecule has 0 spiro atoms. The van der Waals surface area contributed by atoms with E-state index in [0.717, 1.165) is 96.3 Å². The summed E-state index contributed by atoms with van der Waals surface area (Å²) in [5.74, 6) is -0.505. The second-order valence-electron chi connectivity index (χ2n) is 18.0. The Labute approximate surface area is 412 Å². The molecule has 6 N–H and O–H groups in total. The highest BCUT2D eigenvalue weighted by Crippen LogP contribution is 2.47. The highest BCUT2D eigenvalue weighted by Gasteiger charge is 2.51. The third-order valence-electron chi connectivity index (χ3n) is 11.8. The number of aliphatic hydroxyl groups is 5. The van der Waals surface area contributed by atoms with E-state index >= 15 is 0 Å². The Morgan fingerprint density at radius 1 is 0.485 bits per heavy atom. The van der Waals surface area contributed by atoms with E-state index in [0.29, 0.717) is 13.0 Å². The van der Waals surface area contributed by atoms with Crippen LogP contribution in [0.1, 0.15) is 194 Å². The van der Waals surface area contributed by atoms with Crippen molar-refractivity contribution < 1.29 is 58.3 Å². The standard InChI is InChI=1S/C55H95O12P/c1-3-5-7-9-11-13-15-17-19-21-22-23-24-25-26-27-29-31-33-35-37-39-41-43-45-64-46-48(47-65-68(62,63)67-55-53(60)51(58)50(57)52(59)54(55)61)66-49(56)44-42-40-38-36-34-32-30-28-20-18-16-14-12-10-8-6-4-2/h6,8,12,14-15,17-18,20-22,24-25,30,32,48,50-55,57-61H,3-5,7,9-11,13,16,19,23,26-29,31,33-47H2,1-2H3,(H,62,63)/b8-6-,14-12-,17-15-,20-18-,22-21-,25-24-,32-30-. The fraction of sp³-hybridized carbons (Fsp3) is 0.727. The minimum Gasteiger partial charge on any atom is -0.457 e. The second kappa shape index (κ2) is 44.5. The highest BCUT2D eigenvalue weighted by atomic mass is 31.2. The van der Waals surface area contributed by atoms with E-state index in [2.05, 4.69) is 98.9 Å². The molecular formula is C55H95O12P. The van der Waals surface area contributed by atoms with Gasteiger partial charge in [0.05, 0.1) is 13.2 Å². The molecule has 1 aliphatic carbocycles. The number of rotatable bonds is 44. The van der Waals surface area contributed by atoms with Crippen LogP contribution in [-0.2, 0) is 27.9 Å². The van der Waals surface area contributed by atoms with Gasteiger partial charge in [-0.2, -0.15) is 0 Å². The molecule has 6 unspecified atom stereocenters. The summed E-state index contributed by atoms with van der Waals surface area (Å²) >= 11 is 0. The van der Waals surface area contributed by atoms with E-state index in [-0.39, 0.29) is 13.0 Å². The van der Waals surface area contributed by atoms with Crippen molar-refractivity contribution >= 4 is 13.8 Å². The van der Waals surface area contributed by atoms with Crippen molar-refractivity contribution in [3.63, 3.8) is 0 Å². The molecule has 12 nitrogen and oxygen atoms in total. The smallest absolute Gasteiger partial charge is 0.457 e. The maximum atomic E-state index is 12.9. The van der Waals surface area contributed by atoms with Crippen LogP contribution in [0.15, 0.2) is 85.1 Å². The fourth-order valence-corrected chi connectivity index (χ4v) is 8.56. The van der Waals surface area contributed by atoms with Crippen molar-refractivity contribution in [3.8, 4) is 0 Å². The van der Waals surface area contributed by atoms with Gasteiger partial charge in [0.1, 0.15) is 42.7 Å². The summed E-state index contributed by atoms with van der Waals surface area (Å²) in [5, 5.41) is 50.3. The van der Waals surface area contributed by atoms with Crippen molar-refractivity contribution in [1.29, 1.82) is 0 Å². The van der Waals surface area contributed by atoms with E-state index in [9.17, 15) is 39.8 Å². The number of carbonyl (C=O) groups excluding carboxylic acids is 1. The predicted octanol–water partition coefficient (Wildman–Crippen LogP) is 12.1. The van der Waals surface area contributed by atoms with Gasteiger partial charge in [-0.3, -0.25) is 13.8 Å². The zero-order valence-electron chi connectivity index (χ0n) is 42.1. The molecule has 0 saturated heterocycles. The first kappa shape index (κ1) is 63.5. The van der Waals surface area contributed by atoms with E-state index in [1.165, 1.54) is 70.6 Å².